The molecule has 0 aliphatic carbocycles. The standard InChI is InChI=1S/C19H26N4O8/c20-12(10-24)17(28)21-9-15(25)22-14(8-11-4-2-1-3-5-11)18(29)23-13(19(30)31)6-7-16(26)27/h1-5,12-14,24H,6-10,20H2,(H,21,28)(H,22,25)(H,23,29)(H,26,27)(H,30,31). The molecule has 3 amide bonds. The molecule has 3 atom stereocenters. The van der Waals surface area contributed by atoms with Gasteiger partial charge in [-0.25, -0.2) is 4.79 Å². The summed E-state index contributed by atoms with van der Waals surface area (Å²) in [6.45, 7) is -1.13. The number of aliphatic hydroxyl groups excluding tert-OH is 1. The Kier molecular flexibility index (Phi) is 10.6. The fraction of sp³-hybridized carbons (Fsp3) is 0.421. The van der Waals surface area contributed by atoms with Crippen LogP contribution in [0.4, 0.5) is 0 Å². The quantitative estimate of drug-likeness (QED) is 0.175. The molecule has 0 heterocycles. The first kappa shape index (κ1) is 25.5. The third-order valence-electron chi connectivity index (χ3n) is 4.15. The van der Waals surface area contributed by atoms with E-state index in [2.05, 4.69) is 16.0 Å². The van der Waals surface area contributed by atoms with E-state index in [1.165, 1.54) is 0 Å². The topological polar surface area (TPSA) is 208 Å². The van der Waals surface area contributed by atoms with Gasteiger partial charge in [0.2, 0.25) is 17.7 Å². The van der Waals surface area contributed by atoms with Crippen molar-refractivity contribution in [1.29, 1.82) is 0 Å². The lowest BCUT2D eigenvalue weighted by atomic mass is 10.0. The van der Waals surface area contributed by atoms with Gasteiger partial charge in [-0.15, -0.1) is 0 Å². The highest BCUT2D eigenvalue weighted by Crippen LogP contribution is 2.05. The molecule has 12 nitrogen and oxygen atoms in total. The molecule has 12 heteroatoms. The van der Waals surface area contributed by atoms with Gasteiger partial charge in [0.25, 0.3) is 0 Å². The second-order valence-corrected chi connectivity index (χ2v) is 6.65. The molecule has 31 heavy (non-hydrogen) atoms. The van der Waals surface area contributed by atoms with Crippen molar-refractivity contribution >= 4 is 29.7 Å². The second-order valence-electron chi connectivity index (χ2n) is 6.65. The van der Waals surface area contributed by atoms with E-state index in [1.54, 1.807) is 30.3 Å². The summed E-state index contributed by atoms with van der Waals surface area (Å²) in [6.07, 6.45) is -0.782. The minimum absolute atomic E-state index is 0.0216. The van der Waals surface area contributed by atoms with Gasteiger partial charge in [0.15, 0.2) is 0 Å². The van der Waals surface area contributed by atoms with Gasteiger partial charge < -0.3 is 37.0 Å². The molecule has 0 radical (unpaired) electrons. The van der Waals surface area contributed by atoms with Crippen molar-refractivity contribution in [3.05, 3.63) is 35.9 Å². The van der Waals surface area contributed by atoms with Crippen molar-refractivity contribution in [2.24, 2.45) is 5.73 Å². The van der Waals surface area contributed by atoms with Gasteiger partial charge in [0.05, 0.1) is 13.2 Å². The van der Waals surface area contributed by atoms with E-state index in [0.717, 1.165) is 0 Å². The van der Waals surface area contributed by atoms with E-state index in [9.17, 15) is 29.1 Å². The van der Waals surface area contributed by atoms with Crippen LogP contribution >= 0.6 is 0 Å². The molecule has 0 spiro atoms. The summed E-state index contributed by atoms with van der Waals surface area (Å²) < 4.78 is 0. The Morgan fingerprint density at radius 3 is 2.13 bits per heavy atom. The summed E-state index contributed by atoms with van der Waals surface area (Å²) in [4.78, 5) is 58.5. The maximum absolute atomic E-state index is 12.7. The van der Waals surface area contributed by atoms with Crippen LogP contribution in [0.1, 0.15) is 18.4 Å². The number of aliphatic carboxylic acids is 2. The fourth-order valence-corrected chi connectivity index (χ4v) is 2.48. The summed E-state index contributed by atoms with van der Waals surface area (Å²) in [5.74, 6) is -4.96. The van der Waals surface area contributed by atoms with Gasteiger partial charge in [-0.2, -0.15) is 0 Å². The van der Waals surface area contributed by atoms with Crippen LogP contribution in [0.25, 0.3) is 0 Å². The number of amides is 3. The van der Waals surface area contributed by atoms with Crippen molar-refractivity contribution in [2.45, 2.75) is 37.4 Å². The zero-order valence-corrected chi connectivity index (χ0v) is 16.6. The van der Waals surface area contributed by atoms with Gasteiger partial charge >= 0.3 is 11.9 Å². The number of hydrogen-bond acceptors (Lipinski definition) is 7. The van der Waals surface area contributed by atoms with E-state index in [0.29, 0.717) is 5.56 Å². The molecule has 170 valence electrons. The van der Waals surface area contributed by atoms with Gasteiger partial charge in [0, 0.05) is 12.8 Å². The SMILES string of the molecule is NC(CO)C(=O)NCC(=O)NC(Cc1ccccc1)C(=O)NC(CCC(=O)O)C(=O)O. The summed E-state index contributed by atoms with van der Waals surface area (Å²) in [5, 5.41) is 33.7. The van der Waals surface area contributed by atoms with Crippen molar-refractivity contribution < 1.29 is 39.3 Å². The summed E-state index contributed by atoms with van der Waals surface area (Å²) in [6, 6.07) is 4.74. The highest BCUT2D eigenvalue weighted by atomic mass is 16.4. The largest absolute Gasteiger partial charge is 0.481 e. The number of carboxylic acids is 2. The predicted molar refractivity (Wildman–Crippen MR) is 107 cm³/mol. The Labute approximate surface area is 177 Å². The summed E-state index contributed by atoms with van der Waals surface area (Å²) in [5.41, 5.74) is 6.00. The van der Waals surface area contributed by atoms with Gasteiger partial charge in [-0.1, -0.05) is 30.3 Å². The van der Waals surface area contributed by atoms with Crippen LogP contribution in [0.2, 0.25) is 0 Å². The van der Waals surface area contributed by atoms with E-state index < -0.39 is 67.4 Å². The molecule has 0 saturated carbocycles. The number of benzene rings is 1. The van der Waals surface area contributed by atoms with Crippen LogP contribution in [0.15, 0.2) is 30.3 Å². The molecule has 1 aromatic rings. The first-order valence-electron chi connectivity index (χ1n) is 9.36. The number of rotatable bonds is 13. The molecule has 1 aromatic carbocycles. The van der Waals surface area contributed by atoms with Gasteiger partial charge in [-0.3, -0.25) is 19.2 Å². The average molecular weight is 438 g/mol. The maximum Gasteiger partial charge on any atom is 0.326 e. The molecule has 1 rings (SSSR count). The predicted octanol–water partition coefficient (Wildman–Crippen LogP) is -2.42. The average Bonchev–Trinajstić information content (AvgIpc) is 2.73. The summed E-state index contributed by atoms with van der Waals surface area (Å²) >= 11 is 0. The Morgan fingerprint density at radius 2 is 1.58 bits per heavy atom. The van der Waals surface area contributed by atoms with Gasteiger partial charge in [-0.05, 0) is 12.0 Å². The Morgan fingerprint density at radius 1 is 0.935 bits per heavy atom. The van der Waals surface area contributed by atoms with Crippen LogP contribution in [0.3, 0.4) is 0 Å². The molecule has 0 aromatic heterocycles. The van der Waals surface area contributed by atoms with Crippen LogP contribution in [0, 0.1) is 0 Å². The van der Waals surface area contributed by atoms with Crippen molar-refractivity contribution in [3.63, 3.8) is 0 Å². The molecule has 0 saturated heterocycles. The molecular weight excluding hydrogens is 412 g/mol. The number of hydrogen-bond donors (Lipinski definition) is 7. The third-order valence-corrected chi connectivity index (χ3v) is 4.15. The fourth-order valence-electron chi connectivity index (χ4n) is 2.48. The second kappa shape index (κ2) is 12.9. The molecule has 0 bridgehead atoms. The molecular formula is C19H26N4O8. The Balaban J connectivity index is 2.85. The lowest BCUT2D eigenvalue weighted by Crippen LogP contribution is -2.54. The van der Waals surface area contributed by atoms with E-state index in [-0.39, 0.29) is 12.8 Å². The number of carbonyl (C=O) groups is 5. The van der Waals surface area contributed by atoms with Crippen LogP contribution in [-0.2, 0) is 30.4 Å². The first-order chi connectivity index (χ1) is 14.6. The van der Waals surface area contributed by atoms with E-state index >= 15 is 0 Å². The lowest BCUT2D eigenvalue weighted by Gasteiger charge is -2.21. The molecule has 0 aliphatic rings. The van der Waals surface area contributed by atoms with E-state index in [1.807, 2.05) is 0 Å². The lowest BCUT2D eigenvalue weighted by molar-refractivity contribution is -0.143. The molecule has 8 N–H and O–H groups in total. The molecule has 0 fully saturated rings. The van der Waals surface area contributed by atoms with Crippen molar-refractivity contribution in [3.8, 4) is 0 Å². The Bertz CT molecular complexity index is 786. The Hall–Kier alpha value is -3.51. The highest BCUT2D eigenvalue weighted by Gasteiger charge is 2.27. The smallest absolute Gasteiger partial charge is 0.326 e. The minimum atomic E-state index is -1.46. The zero-order chi connectivity index (χ0) is 23.4. The number of aliphatic hydroxyl groups is 1. The normalized spacial score (nSPS) is 13.4. The van der Waals surface area contributed by atoms with Crippen molar-refractivity contribution in [1.82, 2.24) is 16.0 Å². The summed E-state index contributed by atoms with van der Waals surface area (Å²) in [7, 11) is 0. The van der Waals surface area contributed by atoms with Crippen LogP contribution in [0.5, 0.6) is 0 Å². The number of nitrogens with one attached hydrogen (secondary N) is 3. The third kappa shape index (κ3) is 9.69. The molecule has 3 unspecified atom stereocenters. The number of carboxylic acid groups (broad SMARTS) is 2. The van der Waals surface area contributed by atoms with Crippen molar-refractivity contribution in [2.75, 3.05) is 13.2 Å². The number of carbonyl (C=O) groups excluding carboxylic acids is 3. The van der Waals surface area contributed by atoms with E-state index in [4.69, 9.17) is 15.9 Å². The minimum Gasteiger partial charge on any atom is -0.481 e. The highest BCUT2D eigenvalue weighted by molar-refractivity contribution is 5.92. The van der Waals surface area contributed by atoms with Crippen LogP contribution < -0.4 is 21.7 Å². The number of nitrogens with two attached hydrogens (primary N) is 1. The van der Waals surface area contributed by atoms with Gasteiger partial charge in [0.1, 0.15) is 18.1 Å². The monoisotopic (exact) mass is 438 g/mol. The maximum atomic E-state index is 12.7. The van der Waals surface area contributed by atoms with Crippen LogP contribution in [-0.4, -0.2) is 76.3 Å². The first-order valence-corrected chi connectivity index (χ1v) is 9.36. The molecule has 0 aliphatic heterocycles. The zero-order valence-electron chi connectivity index (χ0n) is 16.6.